The number of nitrogens with zero attached hydrogens (tertiary/aromatic N) is 2. The molecule has 0 radical (unpaired) electrons. The van der Waals surface area contributed by atoms with Crippen LogP contribution in [0.4, 0.5) is 13.2 Å². The fourth-order valence-electron chi connectivity index (χ4n) is 6.79. The first kappa shape index (κ1) is 25.2. The van der Waals surface area contributed by atoms with Gasteiger partial charge in [-0.3, -0.25) is 9.97 Å². The summed E-state index contributed by atoms with van der Waals surface area (Å²) in [7, 11) is 0. The summed E-state index contributed by atoms with van der Waals surface area (Å²) in [6, 6.07) is 2.51. The molecule has 3 aliphatic heterocycles. The molecule has 2 saturated heterocycles. The number of rotatable bonds is 2. The van der Waals surface area contributed by atoms with Gasteiger partial charge in [-0.1, -0.05) is 19.9 Å². The van der Waals surface area contributed by atoms with E-state index in [0.29, 0.717) is 44.8 Å². The van der Waals surface area contributed by atoms with Gasteiger partial charge in [0.15, 0.2) is 6.10 Å². The topological polar surface area (TPSA) is 76.4 Å². The van der Waals surface area contributed by atoms with E-state index in [0.717, 1.165) is 59.8 Å². The summed E-state index contributed by atoms with van der Waals surface area (Å²) in [6.45, 7) is 6.76. The second-order valence-electron chi connectivity index (χ2n) is 11.7. The highest BCUT2D eigenvalue weighted by molar-refractivity contribution is 5.54. The minimum Gasteiger partial charge on any atom is -0.440 e. The molecule has 37 heavy (non-hydrogen) atoms. The van der Waals surface area contributed by atoms with Crippen molar-refractivity contribution in [3.05, 3.63) is 57.7 Å². The van der Waals surface area contributed by atoms with E-state index in [1.54, 1.807) is 0 Å². The van der Waals surface area contributed by atoms with Crippen LogP contribution in [0.1, 0.15) is 103 Å². The molecule has 2 atom stereocenters. The highest BCUT2D eigenvalue weighted by atomic mass is 19.4. The summed E-state index contributed by atoms with van der Waals surface area (Å²) in [5.41, 5.74) is 3.92. The van der Waals surface area contributed by atoms with Crippen molar-refractivity contribution in [2.45, 2.75) is 82.3 Å². The van der Waals surface area contributed by atoms with Gasteiger partial charge in [-0.25, -0.2) is 0 Å². The van der Waals surface area contributed by atoms with E-state index in [1.807, 2.05) is 0 Å². The molecule has 2 unspecified atom stereocenters. The summed E-state index contributed by atoms with van der Waals surface area (Å²) in [6.07, 6.45) is 0.244. The third-order valence-corrected chi connectivity index (χ3v) is 8.48. The Labute approximate surface area is 214 Å². The fourth-order valence-corrected chi connectivity index (χ4v) is 6.79. The Balaban J connectivity index is 1.58. The molecule has 1 aliphatic carbocycles. The Hall–Kier alpha value is -2.07. The Kier molecular flexibility index (Phi) is 6.14. The number of aromatic nitrogens is 2. The summed E-state index contributed by atoms with van der Waals surface area (Å²) in [5.74, 6) is 0.172. The minimum atomic E-state index is -4.51. The number of alkyl halides is 3. The fraction of sp³-hybridized carbons (Fsp3) is 0.643. The highest BCUT2D eigenvalue weighted by Gasteiger charge is 2.53. The van der Waals surface area contributed by atoms with Crippen molar-refractivity contribution in [2.75, 3.05) is 26.4 Å². The third kappa shape index (κ3) is 4.37. The molecular formula is C28H34F3N2O4+. The number of ether oxygens (including phenoxy) is 3. The summed E-state index contributed by atoms with van der Waals surface area (Å²) in [4.78, 5) is 9.04. The van der Waals surface area contributed by atoms with E-state index in [9.17, 15) is 18.3 Å². The second kappa shape index (κ2) is 9.00. The van der Waals surface area contributed by atoms with E-state index in [1.165, 1.54) is 12.3 Å². The zero-order valence-corrected chi connectivity index (χ0v) is 21.3. The molecule has 2 fully saturated rings. The van der Waals surface area contributed by atoms with Crippen molar-refractivity contribution in [1.82, 2.24) is 9.97 Å². The molecule has 6 nitrogen and oxygen atoms in total. The molecule has 6 rings (SSSR count). The molecule has 9 heteroatoms. The van der Waals surface area contributed by atoms with Gasteiger partial charge in [-0.2, -0.15) is 13.2 Å². The van der Waals surface area contributed by atoms with Crippen LogP contribution in [0.2, 0.25) is 0 Å². The maximum absolute atomic E-state index is 13.3. The van der Waals surface area contributed by atoms with Crippen molar-refractivity contribution >= 4 is 0 Å². The number of pyridine rings is 2. The third-order valence-electron chi connectivity index (χ3n) is 8.48. The van der Waals surface area contributed by atoms with Gasteiger partial charge in [0.2, 0.25) is 0 Å². The summed E-state index contributed by atoms with van der Waals surface area (Å²) >= 11 is 0. The van der Waals surface area contributed by atoms with Crippen LogP contribution in [0.3, 0.4) is 0 Å². The van der Waals surface area contributed by atoms with Crippen molar-refractivity contribution < 1.29 is 32.5 Å². The Morgan fingerprint density at radius 1 is 1.00 bits per heavy atom. The van der Waals surface area contributed by atoms with Crippen LogP contribution in [0.25, 0.3) is 0 Å². The molecule has 0 amide bonds. The van der Waals surface area contributed by atoms with Crippen LogP contribution in [0, 0.1) is 5.41 Å². The zero-order chi connectivity index (χ0) is 26.0. The van der Waals surface area contributed by atoms with Crippen molar-refractivity contribution in [1.29, 1.82) is 0 Å². The van der Waals surface area contributed by atoms with Gasteiger partial charge >= 0.3 is 6.18 Å². The minimum absolute atomic E-state index is 0.0351. The first-order chi connectivity index (χ1) is 17.6. The van der Waals surface area contributed by atoms with Crippen molar-refractivity contribution in [3.8, 4) is 0 Å². The van der Waals surface area contributed by atoms with E-state index in [2.05, 4.69) is 18.8 Å². The van der Waals surface area contributed by atoms with Crippen LogP contribution in [0.15, 0.2) is 18.3 Å². The predicted octanol–water partition coefficient (Wildman–Crippen LogP) is 5.25. The van der Waals surface area contributed by atoms with Gasteiger partial charge in [-0.15, -0.1) is 0 Å². The number of hydrogen-bond donors (Lipinski definition) is 0. The van der Waals surface area contributed by atoms with Crippen molar-refractivity contribution in [3.63, 3.8) is 0 Å². The lowest BCUT2D eigenvalue weighted by molar-refractivity contribution is -0.141. The first-order valence-corrected chi connectivity index (χ1v) is 13.2. The van der Waals surface area contributed by atoms with Gasteiger partial charge in [0, 0.05) is 74.5 Å². The number of halogens is 3. The zero-order valence-electron chi connectivity index (χ0n) is 21.3. The van der Waals surface area contributed by atoms with Crippen LogP contribution in [-0.2, 0) is 32.4 Å². The molecule has 2 aromatic rings. The molecule has 4 aliphatic rings. The number of fused-ring (bicyclic) bond motifs is 4. The SMILES string of the molecule is CC1(C)Cc2nc(C3CCOCC3)c3c(c2C([OH2+])C1)C1(CCOCC1)OC3c1ccc(C(F)(F)F)nc1. The van der Waals surface area contributed by atoms with E-state index >= 15 is 0 Å². The monoisotopic (exact) mass is 519 g/mol. The Morgan fingerprint density at radius 3 is 2.35 bits per heavy atom. The largest absolute Gasteiger partial charge is 0.440 e. The number of hydrogen-bond acceptors (Lipinski definition) is 5. The molecule has 2 N–H and O–H groups in total. The smallest absolute Gasteiger partial charge is 0.433 e. The maximum Gasteiger partial charge on any atom is 0.433 e. The average Bonchev–Trinajstić information content (AvgIpc) is 3.17. The van der Waals surface area contributed by atoms with Gasteiger partial charge in [0.25, 0.3) is 0 Å². The van der Waals surface area contributed by atoms with E-state index < -0.39 is 29.7 Å². The van der Waals surface area contributed by atoms with E-state index in [-0.39, 0.29) is 11.3 Å². The van der Waals surface area contributed by atoms with Gasteiger partial charge < -0.3 is 19.3 Å². The van der Waals surface area contributed by atoms with Gasteiger partial charge in [-0.05, 0) is 30.7 Å². The lowest BCUT2D eigenvalue weighted by Crippen LogP contribution is -2.37. The highest BCUT2D eigenvalue weighted by Crippen LogP contribution is 2.58. The van der Waals surface area contributed by atoms with E-state index in [4.69, 9.17) is 19.2 Å². The van der Waals surface area contributed by atoms with Crippen LogP contribution in [-0.4, -0.2) is 41.5 Å². The summed E-state index contributed by atoms with van der Waals surface area (Å²) in [5, 5.41) is 9.18. The molecule has 1 spiro atoms. The summed E-state index contributed by atoms with van der Waals surface area (Å²) < 4.78 is 58.1. The Bertz CT molecular complexity index is 1170. The molecule has 0 saturated carbocycles. The average molecular weight is 520 g/mol. The molecule has 0 aromatic carbocycles. The van der Waals surface area contributed by atoms with Crippen LogP contribution in [0.5, 0.6) is 0 Å². The molecule has 0 bridgehead atoms. The lowest BCUT2D eigenvalue weighted by Gasteiger charge is -2.39. The molecule has 5 heterocycles. The first-order valence-electron chi connectivity index (χ1n) is 13.2. The standard InChI is InChI=1S/C28H33F3N2O4/c1-26(2)13-18-21(19(34)14-26)23-22(24(33-18)16-5-9-35-10-6-16)25(37-27(23)7-11-36-12-8-27)17-3-4-20(32-15-17)28(29,30)31/h3-4,15-16,19,25,34H,5-14H2,1-2H3/p+1. The second-order valence-corrected chi connectivity index (χ2v) is 11.7. The molecular weight excluding hydrogens is 485 g/mol. The van der Waals surface area contributed by atoms with Crippen LogP contribution < -0.4 is 0 Å². The Morgan fingerprint density at radius 2 is 1.70 bits per heavy atom. The van der Waals surface area contributed by atoms with Crippen LogP contribution >= 0.6 is 0 Å². The predicted molar refractivity (Wildman–Crippen MR) is 129 cm³/mol. The van der Waals surface area contributed by atoms with Gasteiger partial charge in [0.1, 0.15) is 11.8 Å². The normalized spacial score (nSPS) is 27.2. The lowest BCUT2D eigenvalue weighted by atomic mass is 9.69. The molecule has 2 aromatic heterocycles. The maximum atomic E-state index is 13.3. The quantitative estimate of drug-likeness (QED) is 0.507. The molecule has 200 valence electrons. The van der Waals surface area contributed by atoms with Crippen molar-refractivity contribution in [2.24, 2.45) is 5.41 Å². The van der Waals surface area contributed by atoms with Gasteiger partial charge in [0.05, 0.1) is 22.6 Å².